The number of hydrogen-bond donors (Lipinski definition) is 3. The van der Waals surface area contributed by atoms with E-state index < -0.39 is 13.0 Å². The Labute approximate surface area is 171 Å². The van der Waals surface area contributed by atoms with Crippen LogP contribution < -0.4 is 15.7 Å². The molecule has 0 saturated carbocycles. The lowest BCUT2D eigenvalue weighted by Gasteiger charge is -2.26. The molecule has 11 heteroatoms. The molecule has 29 heavy (non-hydrogen) atoms. The van der Waals surface area contributed by atoms with E-state index in [1.807, 2.05) is 0 Å². The number of aromatic nitrogens is 2. The molecule has 0 bridgehead atoms. The number of carbonyl (C=O) groups excluding carboxylic acids is 1. The molecule has 148 valence electrons. The Kier molecular flexibility index (Phi) is 5.19. The van der Waals surface area contributed by atoms with Crippen molar-refractivity contribution in [3.05, 3.63) is 41.5 Å². The molecule has 2 aliphatic heterocycles. The molecule has 0 spiro atoms. The Balaban J connectivity index is 1.65. The molecule has 1 unspecified atom stereocenters. The summed E-state index contributed by atoms with van der Waals surface area (Å²) in [5.41, 5.74) is 6.90. The molecule has 1 aromatic heterocycles. The first-order valence-electron chi connectivity index (χ1n) is 8.96. The number of rotatable bonds is 4. The van der Waals surface area contributed by atoms with E-state index in [-0.39, 0.29) is 23.3 Å². The average Bonchev–Trinajstić information content (AvgIpc) is 3.12. The van der Waals surface area contributed by atoms with E-state index in [4.69, 9.17) is 26.7 Å². The molecule has 2 aliphatic rings. The number of anilines is 2. The van der Waals surface area contributed by atoms with Gasteiger partial charge in [0.2, 0.25) is 0 Å². The van der Waals surface area contributed by atoms with Gasteiger partial charge in [0, 0.05) is 29.1 Å². The lowest BCUT2D eigenvalue weighted by Crippen LogP contribution is -2.29. The minimum Gasteiger partial charge on any atom is -0.532 e. The number of hydrogen-bond acceptors (Lipinski definition) is 7. The number of benzene rings is 1. The second-order valence-electron chi connectivity index (χ2n) is 6.76. The third-order valence-corrected chi connectivity index (χ3v) is 5.20. The summed E-state index contributed by atoms with van der Waals surface area (Å²) in [7, 11) is -1.10. The first-order valence-corrected chi connectivity index (χ1v) is 9.34. The Morgan fingerprint density at radius 1 is 1.52 bits per heavy atom. The van der Waals surface area contributed by atoms with Crippen molar-refractivity contribution in [2.24, 2.45) is 11.7 Å². The number of nitrogens with two attached hydrogens (primary N) is 1. The summed E-state index contributed by atoms with van der Waals surface area (Å²) in [6.45, 7) is 0.848. The first-order chi connectivity index (χ1) is 14.0. The van der Waals surface area contributed by atoms with E-state index in [9.17, 15) is 15.1 Å². The topological polar surface area (TPSA) is 135 Å². The SMILES string of the molecule is N#C[C@H]1CCOCC1n1cc(C(N)=O)c(Nc2ccc3c(c2)C(Cl)=CB(O)O3)n1. The number of fused-ring (bicyclic) bond motifs is 1. The van der Waals surface area contributed by atoms with Gasteiger partial charge in [-0.3, -0.25) is 9.48 Å². The van der Waals surface area contributed by atoms with Gasteiger partial charge in [0.15, 0.2) is 5.82 Å². The first kappa shape index (κ1) is 19.3. The van der Waals surface area contributed by atoms with Gasteiger partial charge >= 0.3 is 7.12 Å². The smallest absolute Gasteiger partial charge is 0.532 e. The minimum atomic E-state index is -1.10. The van der Waals surface area contributed by atoms with Crippen LogP contribution in [-0.2, 0) is 4.74 Å². The van der Waals surface area contributed by atoms with Crippen LogP contribution in [0.15, 0.2) is 30.4 Å². The lowest BCUT2D eigenvalue weighted by molar-refractivity contribution is 0.0342. The largest absolute Gasteiger partial charge is 0.553 e. The van der Waals surface area contributed by atoms with Crippen LogP contribution in [0.2, 0.25) is 0 Å². The van der Waals surface area contributed by atoms with E-state index in [0.29, 0.717) is 41.7 Å². The maximum atomic E-state index is 11.9. The number of ether oxygens (including phenoxy) is 1. The van der Waals surface area contributed by atoms with Crippen molar-refractivity contribution >= 4 is 41.2 Å². The summed E-state index contributed by atoms with van der Waals surface area (Å²) in [6.07, 6.45) is 2.12. The summed E-state index contributed by atoms with van der Waals surface area (Å²) < 4.78 is 12.3. The second-order valence-corrected chi connectivity index (χ2v) is 7.17. The highest BCUT2D eigenvalue weighted by molar-refractivity contribution is 6.61. The highest BCUT2D eigenvalue weighted by Crippen LogP contribution is 2.36. The standard InChI is InChI=1S/C18H17BClN5O4/c20-14-6-19(27)29-16-2-1-11(5-12(14)16)23-18-13(17(22)26)8-25(24-18)15-9-28-4-3-10(15)7-21/h1-2,5-6,8,10,15,27H,3-4,9H2,(H2,22,26)(H,23,24)/t10-,15?/m1/s1. The maximum absolute atomic E-state index is 11.9. The highest BCUT2D eigenvalue weighted by atomic mass is 35.5. The number of halogens is 1. The average molecular weight is 414 g/mol. The molecule has 1 aromatic carbocycles. The second kappa shape index (κ2) is 7.79. The molecule has 3 heterocycles. The van der Waals surface area contributed by atoms with Crippen LogP contribution >= 0.6 is 11.6 Å². The zero-order valence-electron chi connectivity index (χ0n) is 15.2. The fourth-order valence-corrected chi connectivity index (χ4v) is 3.64. The lowest BCUT2D eigenvalue weighted by atomic mass is 9.86. The summed E-state index contributed by atoms with van der Waals surface area (Å²) >= 11 is 6.19. The number of amides is 1. The van der Waals surface area contributed by atoms with E-state index in [1.165, 1.54) is 12.2 Å². The molecular weight excluding hydrogens is 396 g/mol. The Morgan fingerprint density at radius 3 is 3.10 bits per heavy atom. The number of nitrogens with one attached hydrogen (secondary N) is 1. The third-order valence-electron chi connectivity index (χ3n) is 4.87. The van der Waals surface area contributed by atoms with Gasteiger partial charge in [-0.25, -0.2) is 0 Å². The Bertz CT molecular complexity index is 1030. The number of nitrogens with zero attached hydrogens (tertiary/aromatic N) is 3. The molecule has 1 saturated heterocycles. The van der Waals surface area contributed by atoms with E-state index in [1.54, 1.807) is 22.9 Å². The van der Waals surface area contributed by atoms with Crippen molar-refractivity contribution in [2.75, 3.05) is 18.5 Å². The number of carbonyl (C=O) groups is 1. The van der Waals surface area contributed by atoms with Gasteiger partial charge in [0.05, 0.1) is 24.6 Å². The van der Waals surface area contributed by atoms with Gasteiger partial charge in [0.25, 0.3) is 5.91 Å². The molecule has 2 atom stereocenters. The van der Waals surface area contributed by atoms with Crippen LogP contribution in [-0.4, -0.2) is 41.0 Å². The van der Waals surface area contributed by atoms with Crippen LogP contribution in [0.4, 0.5) is 11.5 Å². The molecule has 1 amide bonds. The predicted octanol–water partition coefficient (Wildman–Crippen LogP) is 1.82. The molecule has 2 aromatic rings. The normalized spacial score (nSPS) is 20.9. The van der Waals surface area contributed by atoms with Crippen molar-refractivity contribution in [3.63, 3.8) is 0 Å². The van der Waals surface area contributed by atoms with Crippen molar-refractivity contribution < 1.29 is 19.2 Å². The van der Waals surface area contributed by atoms with Crippen molar-refractivity contribution in [2.45, 2.75) is 12.5 Å². The molecule has 0 aliphatic carbocycles. The summed E-state index contributed by atoms with van der Waals surface area (Å²) in [5.74, 6) is 1.16. The van der Waals surface area contributed by atoms with E-state index in [2.05, 4.69) is 16.5 Å². The monoisotopic (exact) mass is 413 g/mol. The van der Waals surface area contributed by atoms with E-state index in [0.717, 1.165) is 0 Å². The quantitative estimate of drug-likeness (QED) is 0.650. The van der Waals surface area contributed by atoms with Gasteiger partial charge in [-0.05, 0) is 30.6 Å². The number of primary amides is 1. The summed E-state index contributed by atoms with van der Waals surface area (Å²) in [6, 6.07) is 7.03. The molecule has 4 rings (SSSR count). The molecule has 4 N–H and O–H groups in total. The summed E-state index contributed by atoms with van der Waals surface area (Å²) in [4.78, 5) is 11.9. The van der Waals surface area contributed by atoms with Crippen molar-refractivity contribution in [1.82, 2.24) is 9.78 Å². The summed E-state index contributed by atoms with van der Waals surface area (Å²) in [5, 5.41) is 26.9. The zero-order chi connectivity index (χ0) is 20.5. The van der Waals surface area contributed by atoms with Gasteiger partial charge in [0.1, 0.15) is 11.3 Å². The van der Waals surface area contributed by atoms with Gasteiger partial charge < -0.3 is 25.5 Å². The Hall–Kier alpha value is -3.00. The highest BCUT2D eigenvalue weighted by Gasteiger charge is 2.30. The van der Waals surface area contributed by atoms with Crippen molar-refractivity contribution in [3.8, 4) is 11.8 Å². The third kappa shape index (κ3) is 3.80. The van der Waals surface area contributed by atoms with Gasteiger partial charge in [-0.15, -0.1) is 0 Å². The van der Waals surface area contributed by atoms with Crippen molar-refractivity contribution in [1.29, 1.82) is 5.26 Å². The number of nitriles is 1. The minimum absolute atomic E-state index is 0.193. The fraction of sp³-hybridized carbons (Fsp3) is 0.278. The predicted molar refractivity (Wildman–Crippen MR) is 106 cm³/mol. The molecule has 1 fully saturated rings. The molecule has 9 nitrogen and oxygen atoms in total. The van der Waals surface area contributed by atoms with Crippen LogP contribution in [0.3, 0.4) is 0 Å². The molecular formula is C18H17BClN5O4. The van der Waals surface area contributed by atoms with Crippen LogP contribution in [0.25, 0.3) is 5.03 Å². The van der Waals surface area contributed by atoms with Crippen LogP contribution in [0.5, 0.6) is 5.75 Å². The van der Waals surface area contributed by atoms with Crippen LogP contribution in [0, 0.1) is 17.2 Å². The maximum Gasteiger partial charge on any atom is 0.553 e. The van der Waals surface area contributed by atoms with E-state index >= 15 is 0 Å². The zero-order valence-corrected chi connectivity index (χ0v) is 16.0. The van der Waals surface area contributed by atoms with Crippen LogP contribution in [0.1, 0.15) is 28.4 Å². The van der Waals surface area contributed by atoms with Gasteiger partial charge in [-0.2, -0.15) is 10.4 Å². The fourth-order valence-electron chi connectivity index (χ4n) is 3.38. The molecule has 0 radical (unpaired) electrons. The van der Waals surface area contributed by atoms with Gasteiger partial charge in [-0.1, -0.05) is 11.6 Å². The Morgan fingerprint density at radius 2 is 2.34 bits per heavy atom.